The summed E-state index contributed by atoms with van der Waals surface area (Å²) in [5.41, 5.74) is 0.979. The van der Waals surface area contributed by atoms with Gasteiger partial charge in [0.25, 0.3) is 0 Å². The van der Waals surface area contributed by atoms with Gasteiger partial charge in [0.2, 0.25) is 10.0 Å². The topological polar surface area (TPSA) is 96.4 Å². The lowest BCUT2D eigenvalue weighted by Crippen LogP contribution is -2.28. The maximum Gasteiger partial charge on any atom is 0.303 e. The standard InChI is InChI=1S/C20H25ClN2O4S.ClH/c21-18-9-11-19(12-10-18)28(26,27)23-15-17(16-7-5-13-22-14-16)6-3-1-2-4-8-20(24)25;/h5,7,9-14,17,23H,1-4,6,8,15H2,(H,24,25);1H. The number of sulfonamides is 1. The van der Waals surface area contributed by atoms with Crippen molar-refractivity contribution in [3.05, 3.63) is 59.4 Å². The van der Waals surface area contributed by atoms with Gasteiger partial charge in [0, 0.05) is 30.4 Å². The van der Waals surface area contributed by atoms with Crippen molar-refractivity contribution in [2.24, 2.45) is 0 Å². The number of carboxylic acid groups (broad SMARTS) is 1. The Labute approximate surface area is 183 Å². The Morgan fingerprint density at radius 3 is 2.41 bits per heavy atom. The van der Waals surface area contributed by atoms with Crippen LogP contribution >= 0.6 is 24.0 Å². The zero-order valence-corrected chi connectivity index (χ0v) is 18.3. The molecule has 29 heavy (non-hydrogen) atoms. The van der Waals surface area contributed by atoms with Crippen molar-refractivity contribution in [1.29, 1.82) is 0 Å². The monoisotopic (exact) mass is 460 g/mol. The second-order valence-electron chi connectivity index (χ2n) is 6.64. The van der Waals surface area contributed by atoms with Gasteiger partial charge in [0.1, 0.15) is 0 Å². The number of unbranched alkanes of at least 4 members (excludes halogenated alkanes) is 3. The number of rotatable bonds is 12. The van der Waals surface area contributed by atoms with Crippen LogP contribution in [0.15, 0.2) is 53.7 Å². The second-order valence-corrected chi connectivity index (χ2v) is 8.84. The highest BCUT2D eigenvalue weighted by Gasteiger charge is 2.18. The fraction of sp³-hybridized carbons (Fsp3) is 0.400. The van der Waals surface area contributed by atoms with Gasteiger partial charge >= 0.3 is 5.97 Å². The summed E-state index contributed by atoms with van der Waals surface area (Å²) in [5.74, 6) is -0.778. The summed E-state index contributed by atoms with van der Waals surface area (Å²) in [6.07, 6.45) is 7.74. The van der Waals surface area contributed by atoms with Crippen LogP contribution in [0, 0.1) is 0 Å². The lowest BCUT2D eigenvalue weighted by Gasteiger charge is -2.18. The third kappa shape index (κ3) is 9.12. The molecule has 2 N–H and O–H groups in total. The average molecular weight is 461 g/mol. The summed E-state index contributed by atoms with van der Waals surface area (Å²) >= 11 is 5.83. The molecule has 6 nitrogen and oxygen atoms in total. The highest BCUT2D eigenvalue weighted by molar-refractivity contribution is 7.89. The van der Waals surface area contributed by atoms with E-state index in [4.69, 9.17) is 16.7 Å². The normalized spacial score (nSPS) is 12.2. The lowest BCUT2D eigenvalue weighted by molar-refractivity contribution is -0.137. The van der Waals surface area contributed by atoms with Gasteiger partial charge in [-0.25, -0.2) is 13.1 Å². The Balaban J connectivity index is 0.00000420. The van der Waals surface area contributed by atoms with Crippen LogP contribution in [0.3, 0.4) is 0 Å². The summed E-state index contributed by atoms with van der Waals surface area (Å²) in [6, 6.07) is 9.83. The van der Waals surface area contributed by atoms with E-state index in [1.807, 2.05) is 12.1 Å². The molecule has 1 heterocycles. The van der Waals surface area contributed by atoms with Crippen LogP contribution in [-0.4, -0.2) is 31.0 Å². The van der Waals surface area contributed by atoms with Crippen molar-refractivity contribution in [3.63, 3.8) is 0 Å². The molecule has 0 aliphatic rings. The molecule has 1 aromatic heterocycles. The largest absolute Gasteiger partial charge is 0.481 e. The van der Waals surface area contributed by atoms with E-state index in [1.54, 1.807) is 24.5 Å². The van der Waals surface area contributed by atoms with Gasteiger partial charge in [-0.05, 0) is 54.7 Å². The van der Waals surface area contributed by atoms with Gasteiger partial charge in [-0.3, -0.25) is 9.78 Å². The van der Waals surface area contributed by atoms with Crippen LogP contribution in [-0.2, 0) is 14.8 Å². The number of halogens is 2. The first-order valence-electron chi connectivity index (χ1n) is 9.25. The van der Waals surface area contributed by atoms with E-state index in [0.29, 0.717) is 11.4 Å². The summed E-state index contributed by atoms with van der Waals surface area (Å²) < 4.78 is 27.7. The number of hydrogen-bond donors (Lipinski definition) is 2. The van der Waals surface area contributed by atoms with E-state index in [9.17, 15) is 13.2 Å². The van der Waals surface area contributed by atoms with Gasteiger partial charge in [0.15, 0.2) is 0 Å². The maximum atomic E-state index is 12.5. The molecule has 0 bridgehead atoms. The third-order valence-electron chi connectivity index (χ3n) is 4.49. The number of aromatic nitrogens is 1. The molecule has 0 amide bonds. The van der Waals surface area contributed by atoms with Crippen molar-refractivity contribution < 1.29 is 18.3 Å². The van der Waals surface area contributed by atoms with Crippen LogP contribution in [0.5, 0.6) is 0 Å². The summed E-state index contributed by atoms with van der Waals surface area (Å²) in [7, 11) is -3.62. The molecule has 2 rings (SSSR count). The van der Waals surface area contributed by atoms with Gasteiger partial charge in [-0.2, -0.15) is 0 Å². The first-order chi connectivity index (χ1) is 13.4. The molecule has 2 aromatic rings. The van der Waals surface area contributed by atoms with Crippen molar-refractivity contribution >= 4 is 40.0 Å². The van der Waals surface area contributed by atoms with Crippen LogP contribution in [0.25, 0.3) is 0 Å². The first kappa shape index (κ1) is 25.4. The summed E-state index contributed by atoms with van der Waals surface area (Å²) in [4.78, 5) is 14.9. The number of pyridine rings is 1. The molecular formula is C20H26Cl2N2O4S. The fourth-order valence-electron chi connectivity index (χ4n) is 2.93. The molecule has 0 saturated carbocycles. The predicted molar refractivity (Wildman–Crippen MR) is 116 cm³/mol. The molecule has 160 valence electrons. The molecule has 1 aromatic carbocycles. The van der Waals surface area contributed by atoms with E-state index >= 15 is 0 Å². The number of hydrogen-bond acceptors (Lipinski definition) is 4. The van der Waals surface area contributed by atoms with Crippen molar-refractivity contribution in [2.75, 3.05) is 6.54 Å². The number of carbonyl (C=O) groups is 1. The minimum atomic E-state index is -3.62. The van der Waals surface area contributed by atoms with Crippen LogP contribution in [0.1, 0.15) is 50.0 Å². The smallest absolute Gasteiger partial charge is 0.303 e. The van der Waals surface area contributed by atoms with Crippen molar-refractivity contribution in [1.82, 2.24) is 9.71 Å². The number of carboxylic acids is 1. The molecule has 0 saturated heterocycles. The Bertz CT molecular complexity index is 847. The van der Waals surface area contributed by atoms with E-state index in [0.717, 1.165) is 31.2 Å². The van der Waals surface area contributed by atoms with Crippen LogP contribution in [0.2, 0.25) is 5.02 Å². The Morgan fingerprint density at radius 2 is 1.79 bits per heavy atom. The second kappa shape index (κ2) is 12.8. The fourth-order valence-corrected chi connectivity index (χ4v) is 4.14. The molecular weight excluding hydrogens is 435 g/mol. The molecule has 0 aliphatic carbocycles. The number of aliphatic carboxylic acids is 1. The quantitative estimate of drug-likeness (QED) is 0.449. The molecule has 9 heteroatoms. The van der Waals surface area contributed by atoms with E-state index < -0.39 is 16.0 Å². The van der Waals surface area contributed by atoms with Crippen molar-refractivity contribution in [2.45, 2.75) is 49.3 Å². The Morgan fingerprint density at radius 1 is 1.10 bits per heavy atom. The summed E-state index contributed by atoms with van der Waals surface area (Å²) in [5, 5.41) is 9.16. The SMILES string of the molecule is Cl.O=C(O)CCCCCCC(CNS(=O)(=O)c1ccc(Cl)cc1)c1cccnc1. The molecule has 0 fully saturated rings. The maximum absolute atomic E-state index is 12.5. The van der Waals surface area contributed by atoms with E-state index in [1.165, 1.54) is 12.1 Å². The Kier molecular flexibility index (Phi) is 11.2. The first-order valence-corrected chi connectivity index (χ1v) is 11.1. The van der Waals surface area contributed by atoms with Gasteiger partial charge in [-0.15, -0.1) is 12.4 Å². The summed E-state index contributed by atoms with van der Waals surface area (Å²) in [6.45, 7) is 0.270. The Hall–Kier alpha value is -1.67. The van der Waals surface area contributed by atoms with Gasteiger partial charge in [-0.1, -0.05) is 36.9 Å². The van der Waals surface area contributed by atoms with Crippen LogP contribution in [0.4, 0.5) is 0 Å². The van der Waals surface area contributed by atoms with E-state index in [2.05, 4.69) is 9.71 Å². The highest BCUT2D eigenvalue weighted by atomic mass is 35.5. The zero-order chi connectivity index (χ0) is 20.4. The average Bonchev–Trinajstić information content (AvgIpc) is 2.67. The molecule has 1 unspecified atom stereocenters. The third-order valence-corrected chi connectivity index (χ3v) is 6.18. The number of benzene rings is 1. The highest BCUT2D eigenvalue weighted by Crippen LogP contribution is 2.23. The molecule has 0 aliphatic heterocycles. The minimum absolute atomic E-state index is 0. The molecule has 1 atom stereocenters. The lowest BCUT2D eigenvalue weighted by atomic mass is 9.94. The van der Waals surface area contributed by atoms with Gasteiger partial charge < -0.3 is 5.11 Å². The molecule has 0 spiro atoms. The predicted octanol–water partition coefficient (Wildman–Crippen LogP) is 4.64. The zero-order valence-electron chi connectivity index (χ0n) is 16.0. The van der Waals surface area contributed by atoms with Gasteiger partial charge in [0.05, 0.1) is 4.90 Å². The van der Waals surface area contributed by atoms with Crippen molar-refractivity contribution in [3.8, 4) is 0 Å². The number of nitrogens with zero attached hydrogens (tertiary/aromatic N) is 1. The minimum Gasteiger partial charge on any atom is -0.481 e. The number of nitrogens with one attached hydrogen (secondary N) is 1. The van der Waals surface area contributed by atoms with E-state index in [-0.39, 0.29) is 36.2 Å². The molecule has 0 radical (unpaired) electrons. The van der Waals surface area contributed by atoms with Crippen LogP contribution < -0.4 is 4.72 Å².